The number of hydrogen-bond acceptors (Lipinski definition) is 19. The summed E-state index contributed by atoms with van der Waals surface area (Å²) < 4.78 is 35.2. The van der Waals surface area contributed by atoms with Gasteiger partial charge in [-0.1, -0.05) is 53.2 Å². The van der Waals surface area contributed by atoms with Crippen LogP contribution < -0.4 is 0 Å². The van der Waals surface area contributed by atoms with Crippen LogP contribution in [0.15, 0.2) is 11.6 Å². The molecular formula is C47H76O19. The Labute approximate surface area is 385 Å². The van der Waals surface area contributed by atoms with Gasteiger partial charge in [0, 0.05) is 11.3 Å². The van der Waals surface area contributed by atoms with Crippen molar-refractivity contribution in [3.05, 3.63) is 11.6 Å². The van der Waals surface area contributed by atoms with Crippen LogP contribution in [-0.4, -0.2) is 191 Å². The third-order valence-corrected chi connectivity index (χ3v) is 18.6. The minimum atomic E-state index is -1.73. The number of hydrogen-bond donors (Lipinski definition) is 12. The Morgan fingerprint density at radius 2 is 1.38 bits per heavy atom. The van der Waals surface area contributed by atoms with E-state index in [-0.39, 0.29) is 36.2 Å². The fourth-order valence-corrected chi connectivity index (χ4v) is 15.2. The smallest absolute Gasteiger partial charge is 0.311 e. The molecule has 8 rings (SSSR count). The lowest BCUT2D eigenvalue weighted by molar-refractivity contribution is -0.350. The van der Waals surface area contributed by atoms with Gasteiger partial charge in [0.25, 0.3) is 0 Å². The highest BCUT2D eigenvalue weighted by atomic mass is 16.8. The Bertz CT molecular complexity index is 1800. The summed E-state index contributed by atoms with van der Waals surface area (Å²) in [5, 5.41) is 130. The summed E-state index contributed by atoms with van der Waals surface area (Å²) in [6.07, 6.45) is -18.5. The second-order valence-corrected chi connectivity index (χ2v) is 23.1. The topological polar surface area (TPSA) is 315 Å². The highest BCUT2D eigenvalue weighted by Gasteiger charge is 2.72. The second kappa shape index (κ2) is 18.0. The van der Waals surface area contributed by atoms with Crippen molar-refractivity contribution in [3.63, 3.8) is 0 Å². The predicted molar refractivity (Wildman–Crippen MR) is 227 cm³/mol. The number of allylic oxidation sites excluding steroid dienone is 2. The highest BCUT2D eigenvalue weighted by Crippen LogP contribution is 2.75. The van der Waals surface area contributed by atoms with Gasteiger partial charge in [-0.2, -0.15) is 0 Å². The number of ether oxygens (including phenoxy) is 6. The number of aliphatic hydroxyl groups is 12. The van der Waals surface area contributed by atoms with Crippen molar-refractivity contribution in [2.75, 3.05) is 19.8 Å². The molecule has 0 bridgehead atoms. The van der Waals surface area contributed by atoms with Crippen molar-refractivity contribution < 1.29 is 94.5 Å². The molecule has 12 N–H and O–H groups in total. The van der Waals surface area contributed by atoms with Crippen LogP contribution in [0.4, 0.5) is 0 Å². The molecular weight excluding hydrogens is 868 g/mol. The summed E-state index contributed by atoms with van der Waals surface area (Å²) in [5.74, 6) is -2.05. The summed E-state index contributed by atoms with van der Waals surface area (Å²) in [7, 11) is 0. The molecule has 5 aliphatic carbocycles. The van der Waals surface area contributed by atoms with Gasteiger partial charge in [0.1, 0.15) is 54.9 Å². The lowest BCUT2D eigenvalue weighted by Crippen LogP contribution is -2.72. The zero-order valence-electron chi connectivity index (χ0n) is 39.1. The van der Waals surface area contributed by atoms with Crippen LogP contribution in [0.3, 0.4) is 0 Å². The third-order valence-electron chi connectivity index (χ3n) is 18.6. The van der Waals surface area contributed by atoms with Crippen LogP contribution >= 0.6 is 0 Å². The van der Waals surface area contributed by atoms with E-state index in [1.807, 2.05) is 0 Å². The van der Waals surface area contributed by atoms with Crippen molar-refractivity contribution in [3.8, 4) is 0 Å². The molecule has 0 radical (unpaired) electrons. The van der Waals surface area contributed by atoms with E-state index in [1.165, 1.54) is 12.5 Å². The van der Waals surface area contributed by atoms with E-state index in [0.717, 1.165) is 6.42 Å². The Kier molecular flexibility index (Phi) is 13.9. The quantitative estimate of drug-likeness (QED) is 0.0755. The van der Waals surface area contributed by atoms with Crippen LogP contribution in [0.5, 0.6) is 0 Å². The highest BCUT2D eigenvalue weighted by molar-refractivity contribution is 5.73. The number of rotatable bonds is 8. The molecule has 0 spiro atoms. The molecule has 0 aromatic heterocycles. The van der Waals surface area contributed by atoms with Crippen molar-refractivity contribution in [2.24, 2.45) is 56.7 Å². The maximum atomic E-state index is 14.6. The van der Waals surface area contributed by atoms with Crippen LogP contribution in [0.1, 0.15) is 93.4 Å². The molecule has 0 amide bonds. The fraction of sp³-hybridized carbons (Fsp3) is 0.936. The van der Waals surface area contributed by atoms with Gasteiger partial charge < -0.3 is 89.7 Å². The molecule has 66 heavy (non-hydrogen) atoms. The first-order valence-electron chi connectivity index (χ1n) is 24.0. The molecule has 378 valence electrons. The minimum Gasteiger partial charge on any atom is -0.432 e. The van der Waals surface area contributed by atoms with Crippen LogP contribution in [0, 0.1) is 56.7 Å². The van der Waals surface area contributed by atoms with Crippen LogP contribution in [0.25, 0.3) is 0 Å². The number of fused-ring (bicyclic) bond motifs is 7. The van der Waals surface area contributed by atoms with Crippen molar-refractivity contribution in [2.45, 2.75) is 198 Å². The van der Waals surface area contributed by atoms with Gasteiger partial charge in [-0.15, -0.1) is 0 Å². The normalized spacial score (nSPS) is 55.9. The number of aliphatic hydroxyl groups excluding tert-OH is 12. The Balaban J connectivity index is 1.04. The third kappa shape index (κ3) is 7.95. The van der Waals surface area contributed by atoms with Crippen molar-refractivity contribution in [1.29, 1.82) is 0 Å². The lowest BCUT2D eigenvalue weighted by Gasteiger charge is -2.72. The van der Waals surface area contributed by atoms with E-state index in [1.54, 1.807) is 6.92 Å². The predicted octanol–water partition coefficient (Wildman–Crippen LogP) is -1.42. The van der Waals surface area contributed by atoms with Crippen LogP contribution in [0.2, 0.25) is 0 Å². The van der Waals surface area contributed by atoms with E-state index in [9.17, 15) is 66.1 Å². The van der Waals surface area contributed by atoms with Crippen molar-refractivity contribution in [1.82, 2.24) is 0 Å². The molecule has 7 fully saturated rings. The lowest BCUT2D eigenvalue weighted by atomic mass is 9.33. The molecule has 3 saturated heterocycles. The van der Waals surface area contributed by atoms with Gasteiger partial charge in [0.15, 0.2) is 18.7 Å². The first-order chi connectivity index (χ1) is 30.8. The Hall–Kier alpha value is -1.47. The second-order valence-electron chi connectivity index (χ2n) is 23.1. The number of carbonyl (C=O) groups is 1. The van der Waals surface area contributed by atoms with Crippen LogP contribution in [-0.2, 0) is 33.2 Å². The van der Waals surface area contributed by atoms with E-state index >= 15 is 0 Å². The van der Waals surface area contributed by atoms with Gasteiger partial charge in [-0.05, 0) is 91.3 Å². The van der Waals surface area contributed by atoms with Gasteiger partial charge in [-0.25, -0.2) is 0 Å². The summed E-state index contributed by atoms with van der Waals surface area (Å²) >= 11 is 0. The number of carbonyl (C=O) groups excluding carboxylic acids is 1. The monoisotopic (exact) mass is 944 g/mol. The Morgan fingerprint density at radius 1 is 0.727 bits per heavy atom. The van der Waals surface area contributed by atoms with Gasteiger partial charge in [0.05, 0.1) is 50.2 Å². The number of esters is 1. The standard InChI is InChI=1S/C47H76O19/c1-19-29(53)32(56)34(58)40(62-19)64-36-30(54)26(52)17-61-42(36)66-39(60)22-13-43(2,3)12-21-20(22)10-11-46(6)23(21)8-9-28-44(4)14-25(51)38(45(5,18-49)37(44)24(50)15-47(28,46)7)65-41-35(59)33(57)31(55)27(16-48)63-41/h8,19-22,24-38,40-42,48-59H,9-18H2,1-7H3/t19-,20+,21+,22+,24+,25-,26-,27+,28+,29-,30-,31+,32+,33-,34+,35+,36+,37+,38-,40-,41-,42-,44+,45-,46+,47+/m0/s1. The summed E-state index contributed by atoms with van der Waals surface area (Å²) in [6.45, 7) is 12.5. The fourth-order valence-electron chi connectivity index (χ4n) is 15.2. The molecule has 26 atom stereocenters. The molecule has 0 unspecified atom stereocenters. The van der Waals surface area contributed by atoms with Crippen molar-refractivity contribution >= 4 is 5.97 Å². The molecule has 0 aromatic carbocycles. The average Bonchev–Trinajstić information content (AvgIpc) is 3.25. The molecule has 0 aromatic rings. The maximum Gasteiger partial charge on any atom is 0.311 e. The SMILES string of the molecule is C[C@@H]1O[C@@H](O[C@H]2[C@H](OC(=O)[C@@H]3CC(C)(C)C[C@H]4C5=CC[C@@H]6[C@@]7(C)C[C@H](O)[C@H](O[C@@H]8O[C@H](CO)[C@@H](O)[C@H](O)[C@H]8O)[C@@](C)(CO)[C@@H]7[C@H](O)C[C@@]6(C)[C@]5(C)CC[C@@H]34)OC[C@H](O)[C@@H]2O)[C@H](O)[C@H](O)[C@H]1O. The zero-order valence-corrected chi connectivity index (χ0v) is 39.1. The summed E-state index contributed by atoms with van der Waals surface area (Å²) in [4.78, 5) is 14.6. The van der Waals surface area contributed by atoms with E-state index < -0.39 is 157 Å². The zero-order chi connectivity index (χ0) is 48.4. The largest absolute Gasteiger partial charge is 0.432 e. The molecule has 19 heteroatoms. The van der Waals surface area contributed by atoms with Gasteiger partial charge in [-0.3, -0.25) is 4.79 Å². The van der Waals surface area contributed by atoms with Gasteiger partial charge in [0.2, 0.25) is 6.29 Å². The summed E-state index contributed by atoms with van der Waals surface area (Å²) in [5.41, 5.74) is -2.11. The molecule has 4 saturated carbocycles. The molecule has 8 aliphatic rings. The molecule has 3 heterocycles. The molecule has 3 aliphatic heterocycles. The van der Waals surface area contributed by atoms with E-state index in [2.05, 4.69) is 40.7 Å². The summed E-state index contributed by atoms with van der Waals surface area (Å²) in [6, 6.07) is 0. The first-order valence-corrected chi connectivity index (χ1v) is 24.0. The maximum absolute atomic E-state index is 14.6. The average molecular weight is 945 g/mol. The minimum absolute atomic E-state index is 0.0478. The van der Waals surface area contributed by atoms with Gasteiger partial charge >= 0.3 is 5.97 Å². The van der Waals surface area contributed by atoms with E-state index in [4.69, 9.17) is 28.4 Å². The van der Waals surface area contributed by atoms with E-state index in [0.29, 0.717) is 32.1 Å². The molecule has 19 nitrogen and oxygen atoms in total. The Morgan fingerprint density at radius 3 is 2.03 bits per heavy atom. The first kappa shape index (κ1) is 50.9.